The van der Waals surface area contributed by atoms with Crippen LogP contribution in [0.25, 0.3) is 0 Å². The van der Waals surface area contributed by atoms with Crippen molar-refractivity contribution >= 4 is 0 Å². The van der Waals surface area contributed by atoms with Gasteiger partial charge in [0.15, 0.2) is 0 Å². The monoisotopic (exact) mass is 267 g/mol. The molecule has 1 aromatic rings. The minimum atomic E-state index is 0.0318. The number of hydrogen-bond donors (Lipinski definition) is 2. The molecule has 2 N–H and O–H groups in total. The van der Waals surface area contributed by atoms with E-state index in [1.807, 2.05) is 20.0 Å². The molecule has 0 aliphatic carbocycles. The Kier molecular flexibility index (Phi) is 6.84. The summed E-state index contributed by atoms with van der Waals surface area (Å²) in [5, 5.41) is 18.2. The lowest BCUT2D eigenvalue weighted by atomic mass is 10.1. The normalized spacial score (nSPS) is 12.7. The van der Waals surface area contributed by atoms with Crippen LogP contribution in [0.4, 0.5) is 0 Å². The highest BCUT2D eigenvalue weighted by molar-refractivity contribution is 5.36. The molecule has 19 heavy (non-hydrogen) atoms. The first-order valence-electron chi connectivity index (χ1n) is 6.67. The molecule has 0 amide bonds. The van der Waals surface area contributed by atoms with E-state index in [-0.39, 0.29) is 19.3 Å². The molecule has 0 aromatic heterocycles. The van der Waals surface area contributed by atoms with Crippen LogP contribution >= 0.6 is 0 Å². The number of likely N-dealkylation sites (N-methyl/N-ethyl adjacent to an activating group) is 1. The highest BCUT2D eigenvalue weighted by Gasteiger charge is 2.12. The van der Waals surface area contributed by atoms with Crippen molar-refractivity contribution in [1.82, 2.24) is 4.90 Å². The molecule has 0 bridgehead atoms. The first kappa shape index (κ1) is 16.0. The van der Waals surface area contributed by atoms with E-state index in [2.05, 4.69) is 17.0 Å². The number of aliphatic hydroxyl groups excluding tert-OH is 2. The number of nitrogens with zero attached hydrogens (tertiary/aromatic N) is 1. The summed E-state index contributed by atoms with van der Waals surface area (Å²) in [6.07, 6.45) is 1.53. The van der Waals surface area contributed by atoms with Crippen molar-refractivity contribution < 1.29 is 14.9 Å². The molecule has 0 fully saturated rings. The number of methoxy groups -OCH3 is 1. The van der Waals surface area contributed by atoms with Gasteiger partial charge in [0.1, 0.15) is 5.75 Å². The molecule has 1 aromatic carbocycles. The predicted molar refractivity (Wildman–Crippen MR) is 76.6 cm³/mol. The van der Waals surface area contributed by atoms with Crippen LogP contribution in [-0.2, 0) is 6.42 Å². The maximum absolute atomic E-state index is 9.27. The molecule has 0 aliphatic rings. The van der Waals surface area contributed by atoms with Crippen LogP contribution in [0.3, 0.4) is 0 Å². The third-order valence-corrected chi connectivity index (χ3v) is 3.51. The SMILES string of the molecule is COc1ccc(CCN(C)C(CO)CCO)cc1C. The standard InChI is InChI=1S/C15H25NO3/c1-12-10-13(4-5-15(12)19-3)6-8-16(2)14(11-18)7-9-17/h4-5,10,14,17-18H,6-9,11H2,1-3H3. The van der Waals surface area contributed by atoms with Crippen molar-refractivity contribution in [3.8, 4) is 5.75 Å². The molecule has 1 unspecified atom stereocenters. The van der Waals surface area contributed by atoms with Crippen LogP contribution in [0.2, 0.25) is 0 Å². The van der Waals surface area contributed by atoms with E-state index >= 15 is 0 Å². The second kappa shape index (κ2) is 8.15. The van der Waals surface area contributed by atoms with E-state index in [0.717, 1.165) is 24.3 Å². The van der Waals surface area contributed by atoms with Gasteiger partial charge in [0.25, 0.3) is 0 Å². The highest BCUT2D eigenvalue weighted by atomic mass is 16.5. The van der Waals surface area contributed by atoms with Gasteiger partial charge in [-0.05, 0) is 44.0 Å². The topological polar surface area (TPSA) is 52.9 Å². The third-order valence-electron chi connectivity index (χ3n) is 3.51. The Balaban J connectivity index is 2.54. The molecule has 1 rings (SSSR count). The lowest BCUT2D eigenvalue weighted by molar-refractivity contribution is 0.120. The van der Waals surface area contributed by atoms with Gasteiger partial charge in [0, 0.05) is 19.2 Å². The maximum Gasteiger partial charge on any atom is 0.121 e. The number of aryl methyl sites for hydroxylation is 1. The fourth-order valence-electron chi connectivity index (χ4n) is 2.18. The van der Waals surface area contributed by atoms with Gasteiger partial charge >= 0.3 is 0 Å². The van der Waals surface area contributed by atoms with Crippen LogP contribution in [0.15, 0.2) is 18.2 Å². The second-order valence-electron chi connectivity index (χ2n) is 4.88. The molecule has 0 radical (unpaired) electrons. The van der Waals surface area contributed by atoms with Gasteiger partial charge in [-0.2, -0.15) is 0 Å². The smallest absolute Gasteiger partial charge is 0.121 e. The summed E-state index contributed by atoms with van der Waals surface area (Å²) >= 11 is 0. The van der Waals surface area contributed by atoms with Gasteiger partial charge in [-0.1, -0.05) is 12.1 Å². The predicted octanol–water partition coefficient (Wildman–Crippen LogP) is 1.22. The van der Waals surface area contributed by atoms with Gasteiger partial charge in [0.2, 0.25) is 0 Å². The van der Waals surface area contributed by atoms with Crippen LogP contribution in [0.5, 0.6) is 5.75 Å². The molecule has 108 valence electrons. The fourth-order valence-corrected chi connectivity index (χ4v) is 2.18. The van der Waals surface area contributed by atoms with Crippen molar-refractivity contribution in [1.29, 1.82) is 0 Å². The minimum Gasteiger partial charge on any atom is -0.496 e. The van der Waals surface area contributed by atoms with Crippen LogP contribution < -0.4 is 4.74 Å². The summed E-state index contributed by atoms with van der Waals surface area (Å²) in [5.74, 6) is 0.908. The van der Waals surface area contributed by atoms with Crippen molar-refractivity contribution in [2.75, 3.05) is 33.9 Å². The zero-order valence-electron chi connectivity index (χ0n) is 12.1. The number of ether oxygens (including phenoxy) is 1. The van der Waals surface area contributed by atoms with E-state index in [1.54, 1.807) is 7.11 Å². The average Bonchev–Trinajstić information content (AvgIpc) is 2.42. The Morgan fingerprint density at radius 3 is 2.58 bits per heavy atom. The van der Waals surface area contributed by atoms with Crippen molar-refractivity contribution in [3.63, 3.8) is 0 Å². The Bertz CT molecular complexity index is 382. The van der Waals surface area contributed by atoms with Crippen molar-refractivity contribution in [3.05, 3.63) is 29.3 Å². The molecule has 0 heterocycles. The molecule has 0 spiro atoms. The van der Waals surface area contributed by atoms with E-state index < -0.39 is 0 Å². The molecule has 4 heteroatoms. The molecule has 4 nitrogen and oxygen atoms in total. The van der Waals surface area contributed by atoms with E-state index in [0.29, 0.717) is 6.42 Å². The highest BCUT2D eigenvalue weighted by Crippen LogP contribution is 2.19. The largest absolute Gasteiger partial charge is 0.496 e. The van der Waals surface area contributed by atoms with Crippen molar-refractivity contribution in [2.45, 2.75) is 25.8 Å². The van der Waals surface area contributed by atoms with Gasteiger partial charge < -0.3 is 19.8 Å². The van der Waals surface area contributed by atoms with E-state index in [9.17, 15) is 5.11 Å². The average molecular weight is 267 g/mol. The molecular weight excluding hydrogens is 242 g/mol. The Morgan fingerprint density at radius 2 is 2.05 bits per heavy atom. The zero-order valence-corrected chi connectivity index (χ0v) is 12.1. The minimum absolute atomic E-state index is 0.0318. The first-order valence-corrected chi connectivity index (χ1v) is 6.67. The first-order chi connectivity index (χ1) is 9.12. The quantitative estimate of drug-likeness (QED) is 0.743. The van der Waals surface area contributed by atoms with Crippen LogP contribution in [0, 0.1) is 6.92 Å². The van der Waals surface area contributed by atoms with Crippen LogP contribution in [0.1, 0.15) is 17.5 Å². The van der Waals surface area contributed by atoms with Gasteiger partial charge in [-0.25, -0.2) is 0 Å². The lowest BCUT2D eigenvalue weighted by Crippen LogP contribution is -2.36. The fraction of sp³-hybridized carbons (Fsp3) is 0.600. The van der Waals surface area contributed by atoms with Gasteiger partial charge in [-0.15, -0.1) is 0 Å². The van der Waals surface area contributed by atoms with E-state index in [4.69, 9.17) is 9.84 Å². The number of aliphatic hydroxyl groups is 2. The lowest BCUT2D eigenvalue weighted by Gasteiger charge is -2.25. The Labute approximate surface area is 115 Å². The third kappa shape index (κ3) is 4.82. The number of hydrogen-bond acceptors (Lipinski definition) is 4. The molecule has 1 atom stereocenters. The zero-order chi connectivity index (χ0) is 14.3. The summed E-state index contributed by atoms with van der Waals surface area (Å²) < 4.78 is 5.24. The summed E-state index contributed by atoms with van der Waals surface area (Å²) in [6.45, 7) is 3.08. The Morgan fingerprint density at radius 1 is 1.32 bits per heavy atom. The second-order valence-corrected chi connectivity index (χ2v) is 4.88. The van der Waals surface area contributed by atoms with Crippen molar-refractivity contribution in [2.24, 2.45) is 0 Å². The maximum atomic E-state index is 9.27. The van der Waals surface area contributed by atoms with E-state index in [1.165, 1.54) is 5.56 Å². The summed E-state index contributed by atoms with van der Waals surface area (Å²) in [4.78, 5) is 2.09. The molecule has 0 saturated carbocycles. The molecule has 0 aliphatic heterocycles. The van der Waals surface area contributed by atoms with Gasteiger partial charge in [0.05, 0.1) is 13.7 Å². The molecule has 0 saturated heterocycles. The summed E-state index contributed by atoms with van der Waals surface area (Å²) in [5.41, 5.74) is 2.39. The number of rotatable bonds is 8. The summed E-state index contributed by atoms with van der Waals surface area (Å²) in [6, 6.07) is 6.22. The molecular formula is C15H25NO3. The Hall–Kier alpha value is -1.10. The number of benzene rings is 1. The van der Waals surface area contributed by atoms with Gasteiger partial charge in [-0.3, -0.25) is 0 Å². The van der Waals surface area contributed by atoms with Crippen LogP contribution in [-0.4, -0.2) is 55.1 Å². The summed E-state index contributed by atoms with van der Waals surface area (Å²) in [7, 11) is 3.66.